The number of amides is 2. The maximum atomic E-state index is 12.9. The van der Waals surface area contributed by atoms with Gasteiger partial charge in [0, 0.05) is 12.5 Å². The van der Waals surface area contributed by atoms with Gasteiger partial charge in [0.25, 0.3) is 0 Å². The molecule has 3 atom stereocenters. The molecule has 1 saturated heterocycles. The van der Waals surface area contributed by atoms with Crippen molar-refractivity contribution in [1.29, 1.82) is 0 Å². The summed E-state index contributed by atoms with van der Waals surface area (Å²) >= 11 is 0. The van der Waals surface area contributed by atoms with Gasteiger partial charge in [-0.3, -0.25) is 14.4 Å². The van der Waals surface area contributed by atoms with Crippen molar-refractivity contribution in [3.05, 3.63) is 23.8 Å². The molecule has 27 heavy (non-hydrogen) atoms. The van der Waals surface area contributed by atoms with Crippen molar-refractivity contribution in [3.8, 4) is 5.75 Å². The number of carbonyl (C=O) groups excluding carboxylic acids is 2. The average Bonchev–Trinajstić information content (AvgIpc) is 3.31. The molecule has 2 aliphatic rings. The number of carboxylic acid groups (broad SMARTS) is 1. The second-order valence-corrected chi connectivity index (χ2v) is 7.43. The number of ether oxygens (including phenoxy) is 1. The fourth-order valence-electron chi connectivity index (χ4n) is 4.10. The molecule has 1 heterocycles. The number of methoxy groups -OCH3 is 1. The normalized spacial score (nSPS) is 24.7. The Labute approximate surface area is 158 Å². The first kappa shape index (κ1) is 19.2. The molecule has 2 fully saturated rings. The molecule has 1 aliphatic heterocycles. The number of aliphatic carboxylic acids is 1. The van der Waals surface area contributed by atoms with Crippen LogP contribution in [0, 0.1) is 18.8 Å². The molecule has 3 rings (SSSR count). The lowest BCUT2D eigenvalue weighted by atomic mass is 10.0. The van der Waals surface area contributed by atoms with Crippen LogP contribution in [0.25, 0.3) is 0 Å². The molecular weight excluding hydrogens is 348 g/mol. The Hall–Kier alpha value is -2.57. The van der Waals surface area contributed by atoms with Crippen LogP contribution in [0.1, 0.15) is 37.7 Å². The summed E-state index contributed by atoms with van der Waals surface area (Å²) in [6.45, 7) is 2.47. The second kappa shape index (κ2) is 7.98. The Bertz CT molecular complexity index is 748. The fraction of sp³-hybridized carbons (Fsp3) is 0.550. The van der Waals surface area contributed by atoms with E-state index in [1.165, 1.54) is 0 Å². The summed E-state index contributed by atoms with van der Waals surface area (Å²) < 4.78 is 5.30. The van der Waals surface area contributed by atoms with Crippen LogP contribution in [0.4, 0.5) is 5.69 Å². The predicted molar refractivity (Wildman–Crippen MR) is 99.6 cm³/mol. The van der Waals surface area contributed by atoms with E-state index >= 15 is 0 Å². The molecule has 2 amide bonds. The van der Waals surface area contributed by atoms with E-state index in [1.807, 2.05) is 19.1 Å². The molecule has 146 valence electrons. The van der Waals surface area contributed by atoms with Crippen LogP contribution in [-0.2, 0) is 14.4 Å². The number of anilines is 1. The summed E-state index contributed by atoms with van der Waals surface area (Å²) in [5, 5.41) is 12.0. The van der Waals surface area contributed by atoms with E-state index in [9.17, 15) is 14.4 Å². The van der Waals surface area contributed by atoms with E-state index in [2.05, 4.69) is 5.32 Å². The largest absolute Gasteiger partial charge is 0.495 e. The number of nitrogens with one attached hydrogen (secondary N) is 1. The molecule has 7 nitrogen and oxygen atoms in total. The Morgan fingerprint density at radius 1 is 1.19 bits per heavy atom. The zero-order valence-corrected chi connectivity index (χ0v) is 15.7. The zero-order chi connectivity index (χ0) is 19.6. The SMILES string of the molecule is COc1ccc(C)cc1NC(=O)C1CCCN1C(=O)[C@@H]1CC[C@H](C(=O)O)C1. The minimum absolute atomic E-state index is 0.0902. The molecule has 0 spiro atoms. The summed E-state index contributed by atoms with van der Waals surface area (Å²) in [6.07, 6.45) is 2.85. The van der Waals surface area contributed by atoms with Gasteiger partial charge in [0.1, 0.15) is 11.8 Å². The van der Waals surface area contributed by atoms with Gasteiger partial charge in [-0.2, -0.15) is 0 Å². The number of likely N-dealkylation sites (tertiary alicyclic amines) is 1. The highest BCUT2D eigenvalue weighted by Gasteiger charge is 2.41. The summed E-state index contributed by atoms with van der Waals surface area (Å²) in [7, 11) is 1.55. The lowest BCUT2D eigenvalue weighted by Gasteiger charge is -2.27. The number of aryl methyl sites for hydroxylation is 1. The highest BCUT2D eigenvalue weighted by molar-refractivity contribution is 5.99. The number of rotatable bonds is 5. The van der Waals surface area contributed by atoms with Crippen molar-refractivity contribution in [2.24, 2.45) is 11.8 Å². The summed E-state index contributed by atoms with van der Waals surface area (Å²) in [6, 6.07) is 5.02. The number of carboxylic acids is 1. The number of hydrogen-bond acceptors (Lipinski definition) is 4. The maximum absolute atomic E-state index is 12.9. The molecule has 0 bridgehead atoms. The van der Waals surface area contributed by atoms with Gasteiger partial charge < -0.3 is 20.1 Å². The Balaban J connectivity index is 1.69. The number of nitrogens with zero attached hydrogens (tertiary/aromatic N) is 1. The van der Waals surface area contributed by atoms with Crippen molar-refractivity contribution in [2.75, 3.05) is 19.0 Å². The monoisotopic (exact) mass is 374 g/mol. The van der Waals surface area contributed by atoms with Gasteiger partial charge >= 0.3 is 5.97 Å². The fourth-order valence-corrected chi connectivity index (χ4v) is 4.10. The van der Waals surface area contributed by atoms with Crippen LogP contribution in [-0.4, -0.2) is 47.5 Å². The molecule has 0 aromatic heterocycles. The van der Waals surface area contributed by atoms with Gasteiger partial charge in [0.2, 0.25) is 11.8 Å². The minimum Gasteiger partial charge on any atom is -0.495 e. The quantitative estimate of drug-likeness (QED) is 0.825. The molecule has 2 N–H and O–H groups in total. The van der Waals surface area contributed by atoms with E-state index in [4.69, 9.17) is 9.84 Å². The second-order valence-electron chi connectivity index (χ2n) is 7.43. The van der Waals surface area contributed by atoms with Crippen LogP contribution in [0.15, 0.2) is 18.2 Å². The van der Waals surface area contributed by atoms with Gasteiger partial charge in [0.15, 0.2) is 0 Å². The molecule has 0 radical (unpaired) electrons. The predicted octanol–water partition coefficient (Wildman–Crippen LogP) is 2.43. The minimum atomic E-state index is -0.840. The Kier molecular flexibility index (Phi) is 5.68. The van der Waals surface area contributed by atoms with E-state index in [0.29, 0.717) is 43.7 Å². The molecule has 1 unspecified atom stereocenters. The van der Waals surface area contributed by atoms with Gasteiger partial charge in [-0.15, -0.1) is 0 Å². The van der Waals surface area contributed by atoms with Gasteiger partial charge in [-0.25, -0.2) is 0 Å². The van der Waals surface area contributed by atoms with Gasteiger partial charge in [-0.05, 0) is 56.7 Å². The number of benzene rings is 1. The van der Waals surface area contributed by atoms with Crippen molar-refractivity contribution < 1.29 is 24.2 Å². The summed E-state index contributed by atoms with van der Waals surface area (Å²) in [5.41, 5.74) is 1.59. The Morgan fingerprint density at radius 3 is 2.59 bits per heavy atom. The van der Waals surface area contributed by atoms with E-state index in [0.717, 1.165) is 12.0 Å². The molecule has 1 saturated carbocycles. The smallest absolute Gasteiger partial charge is 0.306 e. The standard InChI is InChI=1S/C20H26N2O5/c1-12-5-8-17(27-2)15(10-12)21-18(23)16-4-3-9-22(16)19(24)13-6-7-14(11-13)20(25)26/h5,8,10,13-14,16H,3-4,6-7,9,11H2,1-2H3,(H,21,23)(H,25,26)/t13-,14+,16?/m1/s1. The molecule has 1 aromatic rings. The van der Waals surface area contributed by atoms with E-state index in [-0.39, 0.29) is 17.7 Å². The van der Waals surface area contributed by atoms with Crippen LogP contribution < -0.4 is 10.1 Å². The summed E-state index contributed by atoms with van der Waals surface area (Å²) in [5.74, 6) is -1.33. The maximum Gasteiger partial charge on any atom is 0.306 e. The lowest BCUT2D eigenvalue weighted by molar-refractivity contribution is -0.142. The molecular formula is C20H26N2O5. The highest BCUT2D eigenvalue weighted by atomic mass is 16.5. The first-order valence-electron chi connectivity index (χ1n) is 9.39. The van der Waals surface area contributed by atoms with Gasteiger partial charge in [0.05, 0.1) is 18.7 Å². The van der Waals surface area contributed by atoms with Crippen molar-refractivity contribution in [1.82, 2.24) is 4.90 Å². The third-order valence-electron chi connectivity index (χ3n) is 5.58. The lowest BCUT2D eigenvalue weighted by Crippen LogP contribution is -2.45. The molecule has 1 aliphatic carbocycles. The first-order chi connectivity index (χ1) is 12.9. The van der Waals surface area contributed by atoms with Crippen molar-refractivity contribution >= 4 is 23.5 Å². The third kappa shape index (κ3) is 4.07. The van der Waals surface area contributed by atoms with Crippen LogP contribution in [0.5, 0.6) is 5.75 Å². The van der Waals surface area contributed by atoms with Crippen LogP contribution in [0.2, 0.25) is 0 Å². The number of carbonyl (C=O) groups is 3. The topological polar surface area (TPSA) is 95.9 Å². The van der Waals surface area contributed by atoms with Gasteiger partial charge in [-0.1, -0.05) is 6.07 Å². The summed E-state index contributed by atoms with van der Waals surface area (Å²) in [4.78, 5) is 38.5. The first-order valence-corrected chi connectivity index (χ1v) is 9.39. The van der Waals surface area contributed by atoms with Crippen molar-refractivity contribution in [2.45, 2.75) is 45.1 Å². The van der Waals surface area contributed by atoms with Crippen LogP contribution in [0.3, 0.4) is 0 Å². The highest BCUT2D eigenvalue weighted by Crippen LogP contribution is 2.34. The average molecular weight is 374 g/mol. The van der Waals surface area contributed by atoms with E-state index < -0.39 is 17.9 Å². The number of hydrogen-bond donors (Lipinski definition) is 2. The van der Waals surface area contributed by atoms with Crippen LogP contribution >= 0.6 is 0 Å². The third-order valence-corrected chi connectivity index (χ3v) is 5.58. The van der Waals surface area contributed by atoms with Crippen molar-refractivity contribution in [3.63, 3.8) is 0 Å². The molecule has 1 aromatic carbocycles. The van der Waals surface area contributed by atoms with E-state index in [1.54, 1.807) is 18.1 Å². The Morgan fingerprint density at radius 2 is 1.93 bits per heavy atom. The molecule has 7 heteroatoms. The zero-order valence-electron chi connectivity index (χ0n) is 15.7.